The first kappa shape index (κ1) is 17.2. The Hall–Kier alpha value is -2.62. The minimum Gasteiger partial charge on any atom is -0.326 e. The summed E-state index contributed by atoms with van der Waals surface area (Å²) < 4.78 is 0. The number of hydrogen-bond acceptors (Lipinski definition) is 2. The first-order valence-corrected chi connectivity index (χ1v) is 8.73. The van der Waals surface area contributed by atoms with Gasteiger partial charge >= 0.3 is 0 Å². The van der Waals surface area contributed by atoms with E-state index in [-0.39, 0.29) is 11.8 Å². The van der Waals surface area contributed by atoms with Crippen LogP contribution in [0.5, 0.6) is 0 Å². The largest absolute Gasteiger partial charge is 0.326 e. The van der Waals surface area contributed by atoms with Crippen molar-refractivity contribution in [2.75, 3.05) is 16.8 Å². The van der Waals surface area contributed by atoms with Crippen molar-refractivity contribution in [3.63, 3.8) is 0 Å². The van der Waals surface area contributed by atoms with Gasteiger partial charge in [0.15, 0.2) is 0 Å². The highest BCUT2D eigenvalue weighted by atomic mass is 16.2. The van der Waals surface area contributed by atoms with Gasteiger partial charge in [0.25, 0.3) is 5.91 Å². The second kappa shape index (κ2) is 6.71. The van der Waals surface area contributed by atoms with E-state index in [2.05, 4.69) is 11.4 Å². The predicted octanol–water partition coefficient (Wildman–Crippen LogP) is 4.26. The van der Waals surface area contributed by atoms with Crippen LogP contribution in [-0.4, -0.2) is 18.4 Å². The zero-order valence-corrected chi connectivity index (χ0v) is 15.0. The number of amides is 2. The number of para-hydroxylation sites is 1. The van der Waals surface area contributed by atoms with Crippen LogP contribution >= 0.6 is 0 Å². The SMILES string of the molecule is CCC(C)(C)C(=O)Nc1ccc(C(=O)N2CCc3ccccc32)cc1. The van der Waals surface area contributed by atoms with Crippen molar-refractivity contribution in [2.24, 2.45) is 5.41 Å². The van der Waals surface area contributed by atoms with Crippen LogP contribution in [0.25, 0.3) is 0 Å². The molecule has 4 heteroatoms. The molecule has 25 heavy (non-hydrogen) atoms. The summed E-state index contributed by atoms with van der Waals surface area (Å²) in [7, 11) is 0. The summed E-state index contributed by atoms with van der Waals surface area (Å²) in [6.45, 7) is 6.55. The van der Waals surface area contributed by atoms with Crippen molar-refractivity contribution in [1.29, 1.82) is 0 Å². The molecule has 0 bridgehead atoms. The molecular formula is C21H24N2O2. The summed E-state index contributed by atoms with van der Waals surface area (Å²) in [5.41, 5.74) is 3.14. The molecule has 0 saturated heterocycles. The number of nitrogens with one attached hydrogen (secondary N) is 1. The van der Waals surface area contributed by atoms with Gasteiger partial charge in [0, 0.05) is 28.9 Å². The van der Waals surface area contributed by atoms with Crippen molar-refractivity contribution >= 4 is 23.2 Å². The van der Waals surface area contributed by atoms with Crippen molar-refractivity contribution in [3.8, 4) is 0 Å². The van der Waals surface area contributed by atoms with E-state index in [0.29, 0.717) is 17.8 Å². The van der Waals surface area contributed by atoms with E-state index in [9.17, 15) is 9.59 Å². The Kier molecular flexibility index (Phi) is 4.62. The Balaban J connectivity index is 1.73. The zero-order valence-electron chi connectivity index (χ0n) is 15.0. The minimum absolute atomic E-state index is 0.00304. The maximum Gasteiger partial charge on any atom is 0.258 e. The number of carbonyl (C=O) groups excluding carboxylic acids is 2. The molecule has 1 N–H and O–H groups in total. The number of benzene rings is 2. The molecule has 1 heterocycles. The molecule has 0 aromatic heterocycles. The van der Waals surface area contributed by atoms with Crippen LogP contribution in [0, 0.1) is 5.41 Å². The molecule has 0 fully saturated rings. The van der Waals surface area contributed by atoms with E-state index in [1.165, 1.54) is 5.56 Å². The van der Waals surface area contributed by atoms with Gasteiger partial charge in [-0.05, 0) is 48.7 Å². The van der Waals surface area contributed by atoms with Gasteiger partial charge in [0.2, 0.25) is 5.91 Å². The smallest absolute Gasteiger partial charge is 0.258 e. The third-order valence-electron chi connectivity index (χ3n) is 5.02. The summed E-state index contributed by atoms with van der Waals surface area (Å²) in [5, 5.41) is 2.92. The van der Waals surface area contributed by atoms with E-state index < -0.39 is 5.41 Å². The Morgan fingerprint density at radius 1 is 1.08 bits per heavy atom. The molecule has 130 valence electrons. The average Bonchev–Trinajstić information content (AvgIpc) is 3.05. The second-order valence-electron chi connectivity index (χ2n) is 7.10. The lowest BCUT2D eigenvalue weighted by Gasteiger charge is -2.21. The molecule has 2 aromatic carbocycles. The topological polar surface area (TPSA) is 49.4 Å². The number of fused-ring (bicyclic) bond motifs is 1. The van der Waals surface area contributed by atoms with Crippen LogP contribution in [-0.2, 0) is 11.2 Å². The van der Waals surface area contributed by atoms with E-state index in [1.54, 1.807) is 24.3 Å². The predicted molar refractivity (Wildman–Crippen MR) is 101 cm³/mol. The number of anilines is 2. The summed E-state index contributed by atoms with van der Waals surface area (Å²) >= 11 is 0. The lowest BCUT2D eigenvalue weighted by molar-refractivity contribution is -0.124. The maximum atomic E-state index is 12.8. The molecule has 0 saturated carbocycles. The van der Waals surface area contributed by atoms with Crippen molar-refractivity contribution in [2.45, 2.75) is 33.6 Å². The molecule has 2 amide bonds. The van der Waals surface area contributed by atoms with Gasteiger partial charge in [-0.2, -0.15) is 0 Å². The van der Waals surface area contributed by atoms with Crippen LogP contribution in [0.4, 0.5) is 11.4 Å². The molecule has 2 aromatic rings. The fraction of sp³-hybridized carbons (Fsp3) is 0.333. The fourth-order valence-corrected chi connectivity index (χ4v) is 2.86. The van der Waals surface area contributed by atoms with Gasteiger partial charge in [-0.25, -0.2) is 0 Å². The first-order chi connectivity index (χ1) is 11.9. The molecule has 0 unspecified atom stereocenters. The highest BCUT2D eigenvalue weighted by molar-refractivity contribution is 6.07. The molecular weight excluding hydrogens is 312 g/mol. The summed E-state index contributed by atoms with van der Waals surface area (Å²) in [4.78, 5) is 26.9. The summed E-state index contributed by atoms with van der Waals surface area (Å²) in [6, 6.07) is 15.1. The van der Waals surface area contributed by atoms with Crippen molar-refractivity contribution in [3.05, 3.63) is 59.7 Å². The highest BCUT2D eigenvalue weighted by Gasteiger charge is 2.26. The average molecular weight is 336 g/mol. The second-order valence-corrected chi connectivity index (χ2v) is 7.10. The maximum absolute atomic E-state index is 12.8. The third-order valence-corrected chi connectivity index (χ3v) is 5.02. The van der Waals surface area contributed by atoms with Gasteiger partial charge < -0.3 is 10.2 Å². The Bertz CT molecular complexity index is 794. The molecule has 3 rings (SSSR count). The molecule has 1 aliphatic rings. The van der Waals surface area contributed by atoms with E-state index in [1.807, 2.05) is 43.9 Å². The molecule has 1 aliphatic heterocycles. The van der Waals surface area contributed by atoms with Crippen molar-refractivity contribution in [1.82, 2.24) is 0 Å². The monoisotopic (exact) mass is 336 g/mol. The van der Waals surface area contributed by atoms with Crippen LogP contribution < -0.4 is 10.2 Å². The number of nitrogens with zero attached hydrogens (tertiary/aromatic N) is 1. The van der Waals surface area contributed by atoms with E-state index in [0.717, 1.165) is 18.5 Å². The number of rotatable bonds is 4. The first-order valence-electron chi connectivity index (χ1n) is 8.73. The molecule has 0 radical (unpaired) electrons. The summed E-state index contributed by atoms with van der Waals surface area (Å²) in [5.74, 6) is -0.0146. The van der Waals surface area contributed by atoms with Gasteiger partial charge in [0.1, 0.15) is 0 Å². The third kappa shape index (κ3) is 3.43. The fourth-order valence-electron chi connectivity index (χ4n) is 2.86. The summed E-state index contributed by atoms with van der Waals surface area (Å²) in [6.07, 6.45) is 1.66. The lowest BCUT2D eigenvalue weighted by Crippen LogP contribution is -2.30. The quantitative estimate of drug-likeness (QED) is 0.907. The molecule has 4 nitrogen and oxygen atoms in total. The zero-order chi connectivity index (χ0) is 18.0. The van der Waals surface area contributed by atoms with Gasteiger partial charge in [-0.3, -0.25) is 9.59 Å². The van der Waals surface area contributed by atoms with Crippen LogP contribution in [0.15, 0.2) is 48.5 Å². The Morgan fingerprint density at radius 3 is 2.44 bits per heavy atom. The number of hydrogen-bond donors (Lipinski definition) is 1. The van der Waals surface area contributed by atoms with Gasteiger partial charge in [-0.15, -0.1) is 0 Å². The lowest BCUT2D eigenvalue weighted by atomic mass is 9.89. The number of carbonyl (C=O) groups is 2. The van der Waals surface area contributed by atoms with Gasteiger partial charge in [-0.1, -0.05) is 39.0 Å². The van der Waals surface area contributed by atoms with Gasteiger partial charge in [0.05, 0.1) is 0 Å². The van der Waals surface area contributed by atoms with Crippen LogP contribution in [0.2, 0.25) is 0 Å². The normalized spacial score (nSPS) is 13.5. The molecule has 0 spiro atoms. The van der Waals surface area contributed by atoms with Crippen LogP contribution in [0.1, 0.15) is 43.1 Å². The van der Waals surface area contributed by atoms with Crippen LogP contribution in [0.3, 0.4) is 0 Å². The minimum atomic E-state index is -0.409. The standard InChI is InChI=1S/C21H24N2O2/c1-4-21(2,3)20(25)22-17-11-9-16(10-12-17)19(24)23-14-13-15-7-5-6-8-18(15)23/h5-12H,4,13-14H2,1-3H3,(H,22,25). The van der Waals surface area contributed by atoms with Crippen molar-refractivity contribution < 1.29 is 9.59 Å². The molecule has 0 atom stereocenters. The van der Waals surface area contributed by atoms with E-state index >= 15 is 0 Å². The molecule has 0 aliphatic carbocycles. The van der Waals surface area contributed by atoms with E-state index in [4.69, 9.17) is 0 Å². The Labute approximate surface area is 148 Å². The highest BCUT2D eigenvalue weighted by Crippen LogP contribution is 2.29. The Morgan fingerprint density at radius 2 is 1.76 bits per heavy atom.